The molecule has 0 atom stereocenters. The van der Waals surface area contributed by atoms with Crippen molar-refractivity contribution in [3.63, 3.8) is 0 Å². The molecule has 0 spiro atoms. The van der Waals surface area contributed by atoms with E-state index in [9.17, 15) is 9.18 Å². The molecule has 4 heteroatoms. The van der Waals surface area contributed by atoms with Crippen LogP contribution < -0.4 is 9.47 Å². The minimum absolute atomic E-state index is 0.185. The monoisotopic (exact) mass is 496 g/mol. The maximum absolute atomic E-state index is 14.5. The average molecular weight is 497 g/mol. The SMILES string of the molecule is CCCCCCCCCCCOc1ccc(C(=O)Oc2ccc(CCC3CCCCC3)cc2)cc1F. The molecule has 0 amide bonds. The first-order valence-electron chi connectivity index (χ1n) is 14.4. The van der Waals surface area contributed by atoms with Gasteiger partial charge in [-0.2, -0.15) is 0 Å². The number of rotatable bonds is 16. The number of benzene rings is 2. The minimum Gasteiger partial charge on any atom is -0.491 e. The Kier molecular flexibility index (Phi) is 12.9. The number of hydrogen-bond acceptors (Lipinski definition) is 3. The standard InChI is InChI=1S/C32H45FO3/c1-2-3-4-5-6-7-8-9-13-24-35-31-23-20-28(25-30(31)33)32(34)36-29-21-18-27(19-22-29)17-16-26-14-11-10-12-15-26/h18-23,25-26H,2-17,24H2,1H3. The highest BCUT2D eigenvalue weighted by Gasteiger charge is 2.15. The van der Waals surface area contributed by atoms with E-state index in [0.717, 1.165) is 25.2 Å². The van der Waals surface area contributed by atoms with Gasteiger partial charge in [-0.3, -0.25) is 0 Å². The lowest BCUT2D eigenvalue weighted by Crippen LogP contribution is -2.09. The molecular weight excluding hydrogens is 451 g/mol. The third-order valence-electron chi connectivity index (χ3n) is 7.37. The molecule has 0 aliphatic heterocycles. The van der Waals surface area contributed by atoms with Gasteiger partial charge in [-0.1, -0.05) is 103 Å². The second-order valence-corrected chi connectivity index (χ2v) is 10.4. The molecule has 3 nitrogen and oxygen atoms in total. The van der Waals surface area contributed by atoms with Crippen LogP contribution in [0, 0.1) is 11.7 Å². The van der Waals surface area contributed by atoms with Crippen molar-refractivity contribution < 1.29 is 18.7 Å². The van der Waals surface area contributed by atoms with Gasteiger partial charge >= 0.3 is 5.97 Å². The maximum Gasteiger partial charge on any atom is 0.343 e. The second kappa shape index (κ2) is 16.4. The summed E-state index contributed by atoms with van der Waals surface area (Å²) in [6.45, 7) is 2.73. The van der Waals surface area contributed by atoms with Crippen molar-refractivity contribution in [1.82, 2.24) is 0 Å². The molecular formula is C32H45FO3. The molecule has 1 fully saturated rings. The number of esters is 1. The molecule has 0 radical (unpaired) electrons. The Bertz CT molecular complexity index is 887. The van der Waals surface area contributed by atoms with Crippen molar-refractivity contribution in [2.24, 2.45) is 5.92 Å². The van der Waals surface area contributed by atoms with Crippen LogP contribution in [0.1, 0.15) is 119 Å². The summed E-state index contributed by atoms with van der Waals surface area (Å²) in [7, 11) is 0. The first-order valence-corrected chi connectivity index (χ1v) is 14.4. The first kappa shape index (κ1) is 28.2. The third kappa shape index (κ3) is 10.3. The summed E-state index contributed by atoms with van der Waals surface area (Å²) < 4.78 is 25.6. The Morgan fingerprint density at radius 2 is 1.53 bits per heavy atom. The number of carbonyl (C=O) groups is 1. The van der Waals surface area contributed by atoms with Crippen LogP contribution in [0.15, 0.2) is 42.5 Å². The van der Waals surface area contributed by atoms with E-state index < -0.39 is 11.8 Å². The lowest BCUT2D eigenvalue weighted by Gasteiger charge is -2.21. The van der Waals surface area contributed by atoms with E-state index in [1.807, 2.05) is 24.3 Å². The van der Waals surface area contributed by atoms with Gasteiger partial charge in [0.15, 0.2) is 11.6 Å². The van der Waals surface area contributed by atoms with Crippen molar-refractivity contribution in [2.75, 3.05) is 6.61 Å². The Labute approximate surface area is 217 Å². The zero-order chi connectivity index (χ0) is 25.4. The number of halogens is 1. The van der Waals surface area contributed by atoms with Crippen LogP contribution in [0.25, 0.3) is 0 Å². The van der Waals surface area contributed by atoms with Crippen LogP contribution in [0.5, 0.6) is 11.5 Å². The highest BCUT2D eigenvalue weighted by molar-refractivity contribution is 5.91. The molecule has 1 saturated carbocycles. The number of unbranched alkanes of at least 4 members (excludes halogenated alkanes) is 8. The van der Waals surface area contributed by atoms with E-state index in [0.29, 0.717) is 12.4 Å². The molecule has 2 aromatic rings. The van der Waals surface area contributed by atoms with Gasteiger partial charge in [-0.15, -0.1) is 0 Å². The highest BCUT2D eigenvalue weighted by Crippen LogP contribution is 2.28. The molecule has 1 aliphatic carbocycles. The molecule has 0 unspecified atom stereocenters. The van der Waals surface area contributed by atoms with Crippen molar-refractivity contribution in [3.05, 3.63) is 59.4 Å². The second-order valence-electron chi connectivity index (χ2n) is 10.4. The Balaban J connectivity index is 1.34. The molecule has 2 aromatic carbocycles. The molecule has 0 saturated heterocycles. The van der Waals surface area contributed by atoms with Crippen LogP contribution in [-0.4, -0.2) is 12.6 Å². The van der Waals surface area contributed by atoms with Gasteiger partial charge in [0.1, 0.15) is 5.75 Å². The van der Waals surface area contributed by atoms with Crippen molar-refractivity contribution >= 4 is 5.97 Å². The summed E-state index contributed by atoms with van der Waals surface area (Å²) in [5, 5.41) is 0. The first-order chi connectivity index (χ1) is 17.7. The van der Waals surface area contributed by atoms with E-state index in [1.54, 1.807) is 6.07 Å². The maximum atomic E-state index is 14.5. The smallest absolute Gasteiger partial charge is 0.343 e. The van der Waals surface area contributed by atoms with Crippen molar-refractivity contribution in [2.45, 2.75) is 110 Å². The lowest BCUT2D eigenvalue weighted by molar-refractivity contribution is 0.0734. The van der Waals surface area contributed by atoms with E-state index in [1.165, 1.54) is 101 Å². The van der Waals surface area contributed by atoms with Crippen LogP contribution in [-0.2, 0) is 6.42 Å². The number of ether oxygens (including phenoxy) is 2. The van der Waals surface area contributed by atoms with Crippen LogP contribution in [0.4, 0.5) is 4.39 Å². The molecule has 3 rings (SSSR count). The summed E-state index contributed by atoms with van der Waals surface area (Å²) in [5.74, 6) is 0.428. The van der Waals surface area contributed by atoms with Gasteiger partial charge < -0.3 is 9.47 Å². The molecule has 36 heavy (non-hydrogen) atoms. The predicted octanol–water partition coefficient (Wildman–Crippen LogP) is 9.47. The number of hydrogen-bond donors (Lipinski definition) is 0. The van der Waals surface area contributed by atoms with Gasteiger partial charge in [-0.25, -0.2) is 9.18 Å². The fourth-order valence-corrected chi connectivity index (χ4v) is 5.08. The minimum atomic E-state index is -0.561. The Hall–Kier alpha value is -2.36. The molecule has 0 bridgehead atoms. The fraction of sp³-hybridized carbons (Fsp3) is 0.594. The Morgan fingerprint density at radius 1 is 0.861 bits per heavy atom. The molecule has 0 heterocycles. The van der Waals surface area contributed by atoms with Crippen LogP contribution in [0.2, 0.25) is 0 Å². The highest BCUT2D eigenvalue weighted by atomic mass is 19.1. The van der Waals surface area contributed by atoms with E-state index in [2.05, 4.69) is 6.92 Å². The summed E-state index contributed by atoms with van der Waals surface area (Å²) in [5.41, 5.74) is 1.45. The lowest BCUT2D eigenvalue weighted by atomic mass is 9.85. The molecule has 0 aromatic heterocycles. The van der Waals surface area contributed by atoms with Gasteiger partial charge in [-0.05, 0) is 61.1 Å². The van der Waals surface area contributed by atoms with Crippen molar-refractivity contribution in [3.8, 4) is 11.5 Å². The topological polar surface area (TPSA) is 35.5 Å². The summed E-state index contributed by atoms with van der Waals surface area (Å²) >= 11 is 0. The van der Waals surface area contributed by atoms with E-state index >= 15 is 0 Å². The van der Waals surface area contributed by atoms with Crippen LogP contribution in [0.3, 0.4) is 0 Å². The Morgan fingerprint density at radius 3 is 2.19 bits per heavy atom. The fourth-order valence-electron chi connectivity index (χ4n) is 5.08. The predicted molar refractivity (Wildman–Crippen MR) is 145 cm³/mol. The molecule has 1 aliphatic rings. The zero-order valence-corrected chi connectivity index (χ0v) is 22.2. The van der Waals surface area contributed by atoms with Gasteiger partial charge in [0.05, 0.1) is 12.2 Å². The van der Waals surface area contributed by atoms with Crippen molar-refractivity contribution in [1.29, 1.82) is 0 Å². The van der Waals surface area contributed by atoms with E-state index in [4.69, 9.17) is 9.47 Å². The summed E-state index contributed by atoms with van der Waals surface area (Å²) in [6, 6.07) is 12.0. The summed E-state index contributed by atoms with van der Waals surface area (Å²) in [4.78, 5) is 12.5. The number of aryl methyl sites for hydroxylation is 1. The van der Waals surface area contributed by atoms with E-state index in [-0.39, 0.29) is 11.3 Å². The zero-order valence-electron chi connectivity index (χ0n) is 22.2. The largest absolute Gasteiger partial charge is 0.491 e. The molecule has 198 valence electrons. The quantitative estimate of drug-likeness (QED) is 0.132. The average Bonchev–Trinajstić information content (AvgIpc) is 2.90. The van der Waals surface area contributed by atoms with Gasteiger partial charge in [0, 0.05) is 0 Å². The van der Waals surface area contributed by atoms with Crippen LogP contribution >= 0.6 is 0 Å². The normalized spacial score (nSPS) is 14.1. The number of carbonyl (C=O) groups excluding carboxylic acids is 1. The van der Waals surface area contributed by atoms with Gasteiger partial charge in [0.2, 0.25) is 0 Å². The summed E-state index contributed by atoms with van der Waals surface area (Å²) in [6.07, 6.45) is 20.2. The van der Waals surface area contributed by atoms with Gasteiger partial charge in [0.25, 0.3) is 0 Å². The molecule has 0 N–H and O–H groups in total. The third-order valence-corrected chi connectivity index (χ3v) is 7.37.